The van der Waals surface area contributed by atoms with Gasteiger partial charge in [0.25, 0.3) is 0 Å². The fraction of sp³-hybridized carbons (Fsp3) is 0.263. The third-order valence-corrected chi connectivity index (χ3v) is 4.13. The minimum absolute atomic E-state index is 0.176. The Labute approximate surface area is 152 Å². The highest BCUT2D eigenvalue weighted by atomic mass is 32.1. The van der Waals surface area contributed by atoms with E-state index in [1.807, 2.05) is 45.0 Å². The first-order valence-electron chi connectivity index (χ1n) is 8.06. The molecule has 0 aromatic heterocycles. The predicted octanol–water partition coefficient (Wildman–Crippen LogP) is 3.95. The second kappa shape index (κ2) is 6.72. The molecule has 0 atom stereocenters. The Morgan fingerprint density at radius 1 is 1.24 bits per heavy atom. The van der Waals surface area contributed by atoms with Crippen LogP contribution in [0.4, 0.5) is 5.69 Å². The van der Waals surface area contributed by atoms with Crippen molar-refractivity contribution in [2.24, 2.45) is 5.10 Å². The number of hydrogen-bond acceptors (Lipinski definition) is 4. The van der Waals surface area contributed by atoms with Gasteiger partial charge >= 0.3 is 0 Å². The fourth-order valence-corrected chi connectivity index (χ4v) is 2.90. The number of aromatic hydroxyl groups is 1. The summed E-state index contributed by atoms with van der Waals surface area (Å²) in [7, 11) is 0. The molecule has 2 aromatic rings. The lowest BCUT2D eigenvalue weighted by atomic mass is 9.92. The molecule has 0 bridgehead atoms. The molecule has 2 aromatic carbocycles. The third-order valence-electron chi connectivity index (χ3n) is 3.94. The molecule has 1 aliphatic rings. The summed E-state index contributed by atoms with van der Waals surface area (Å²) in [6, 6.07) is 12.9. The van der Waals surface area contributed by atoms with Gasteiger partial charge in [-0.25, -0.2) is 0 Å². The monoisotopic (exact) mass is 355 g/mol. The summed E-state index contributed by atoms with van der Waals surface area (Å²) in [5.74, 6) is 0.878. The van der Waals surface area contributed by atoms with Gasteiger partial charge in [0.15, 0.2) is 5.11 Å². The number of rotatable bonds is 2. The molecular weight excluding hydrogens is 334 g/mol. The number of fused-ring (bicyclic) bond motifs is 1. The van der Waals surface area contributed by atoms with Gasteiger partial charge in [0.2, 0.25) is 0 Å². The maximum absolute atomic E-state index is 9.77. The van der Waals surface area contributed by atoms with E-state index in [1.54, 1.807) is 18.2 Å². The zero-order valence-corrected chi connectivity index (χ0v) is 15.3. The number of thiocarbonyl (C=S) groups is 1. The maximum Gasteiger partial charge on any atom is 0.191 e. The van der Waals surface area contributed by atoms with Crippen molar-refractivity contribution in [2.45, 2.75) is 32.8 Å². The van der Waals surface area contributed by atoms with Crippen molar-refractivity contribution in [3.8, 4) is 11.5 Å². The lowest BCUT2D eigenvalue weighted by Crippen LogP contribution is -2.37. The number of nitrogens with zero attached hydrogens (tertiary/aromatic N) is 1. The van der Waals surface area contributed by atoms with Crippen molar-refractivity contribution in [1.29, 1.82) is 0 Å². The van der Waals surface area contributed by atoms with Crippen LogP contribution in [0.25, 0.3) is 0 Å². The molecule has 3 N–H and O–H groups in total. The second-order valence-electron chi connectivity index (χ2n) is 6.66. The Bertz CT molecular complexity index is 846. The molecule has 130 valence electrons. The van der Waals surface area contributed by atoms with Crippen molar-refractivity contribution >= 4 is 28.7 Å². The molecule has 0 spiro atoms. The smallest absolute Gasteiger partial charge is 0.191 e. The van der Waals surface area contributed by atoms with Crippen molar-refractivity contribution in [1.82, 2.24) is 5.43 Å². The summed E-state index contributed by atoms with van der Waals surface area (Å²) in [5.41, 5.74) is 6.11. The largest absolute Gasteiger partial charge is 0.508 e. The van der Waals surface area contributed by atoms with Crippen LogP contribution >= 0.6 is 12.2 Å². The molecule has 0 amide bonds. The molecule has 0 aliphatic carbocycles. The molecule has 5 nitrogen and oxygen atoms in total. The number of nitrogens with one attached hydrogen (secondary N) is 2. The number of anilines is 1. The molecule has 0 unspecified atom stereocenters. The number of ether oxygens (including phenoxy) is 1. The Morgan fingerprint density at radius 3 is 2.76 bits per heavy atom. The Balaban J connectivity index is 1.80. The SMILES string of the molecule is Cc1ccccc1NC(=S)N/N=C1\CC(C)(C)Oc2ccc(O)cc21. The van der Waals surface area contributed by atoms with Crippen molar-refractivity contribution in [3.63, 3.8) is 0 Å². The van der Waals surface area contributed by atoms with Crippen LogP contribution < -0.4 is 15.5 Å². The number of hydrogen-bond donors (Lipinski definition) is 3. The average molecular weight is 355 g/mol. The van der Waals surface area contributed by atoms with Gasteiger partial charge in [0.05, 0.1) is 5.71 Å². The molecule has 25 heavy (non-hydrogen) atoms. The summed E-state index contributed by atoms with van der Waals surface area (Å²) < 4.78 is 5.95. The summed E-state index contributed by atoms with van der Waals surface area (Å²) in [5, 5.41) is 17.8. The van der Waals surface area contributed by atoms with E-state index in [4.69, 9.17) is 17.0 Å². The number of aryl methyl sites for hydroxylation is 1. The summed E-state index contributed by atoms with van der Waals surface area (Å²) in [6.45, 7) is 6.02. The molecule has 0 radical (unpaired) electrons. The van der Waals surface area contributed by atoms with Gasteiger partial charge in [0, 0.05) is 17.7 Å². The van der Waals surface area contributed by atoms with E-state index in [9.17, 15) is 5.11 Å². The highest BCUT2D eigenvalue weighted by Gasteiger charge is 2.31. The van der Waals surface area contributed by atoms with Gasteiger partial charge < -0.3 is 15.2 Å². The van der Waals surface area contributed by atoms with Crippen molar-refractivity contribution in [3.05, 3.63) is 53.6 Å². The van der Waals surface area contributed by atoms with Crippen LogP contribution in [0.15, 0.2) is 47.6 Å². The van der Waals surface area contributed by atoms with Crippen LogP contribution in [0.2, 0.25) is 0 Å². The normalized spacial score (nSPS) is 16.7. The first-order valence-corrected chi connectivity index (χ1v) is 8.46. The number of phenolic OH excluding ortho intramolecular Hbond substituents is 1. The number of hydrazone groups is 1. The van der Waals surface area contributed by atoms with Crippen molar-refractivity contribution < 1.29 is 9.84 Å². The third kappa shape index (κ3) is 4.09. The molecule has 0 saturated heterocycles. The van der Waals surface area contributed by atoms with Gasteiger partial charge in [-0.15, -0.1) is 0 Å². The van der Waals surface area contributed by atoms with Crippen LogP contribution in [0, 0.1) is 6.92 Å². The predicted molar refractivity (Wildman–Crippen MR) is 105 cm³/mol. The van der Waals surface area contributed by atoms with E-state index in [-0.39, 0.29) is 11.4 Å². The van der Waals surface area contributed by atoms with E-state index in [2.05, 4.69) is 15.8 Å². The Morgan fingerprint density at radius 2 is 2.00 bits per heavy atom. The number of benzene rings is 2. The topological polar surface area (TPSA) is 65.9 Å². The van der Waals surface area contributed by atoms with E-state index in [0.717, 1.165) is 22.5 Å². The van der Waals surface area contributed by atoms with Crippen LogP contribution in [-0.2, 0) is 0 Å². The van der Waals surface area contributed by atoms with Crippen LogP contribution in [0.3, 0.4) is 0 Å². The Hall–Kier alpha value is -2.60. The Kier molecular flexibility index (Phi) is 4.63. The van der Waals surface area contributed by atoms with Crippen LogP contribution in [0.1, 0.15) is 31.4 Å². The quantitative estimate of drug-likeness (QED) is 0.562. The molecular formula is C19H21N3O2S. The second-order valence-corrected chi connectivity index (χ2v) is 7.07. The lowest BCUT2D eigenvalue weighted by Gasteiger charge is -2.33. The first-order chi connectivity index (χ1) is 11.8. The molecule has 3 rings (SSSR count). The van der Waals surface area contributed by atoms with Crippen LogP contribution in [-0.4, -0.2) is 21.5 Å². The minimum Gasteiger partial charge on any atom is -0.508 e. The van der Waals surface area contributed by atoms with Gasteiger partial charge in [-0.1, -0.05) is 18.2 Å². The van der Waals surface area contributed by atoms with E-state index < -0.39 is 0 Å². The highest BCUT2D eigenvalue weighted by Crippen LogP contribution is 2.35. The molecule has 1 aliphatic heterocycles. The highest BCUT2D eigenvalue weighted by molar-refractivity contribution is 7.80. The number of phenols is 1. The van der Waals surface area contributed by atoms with Gasteiger partial charge in [-0.05, 0) is 62.8 Å². The molecule has 6 heteroatoms. The average Bonchev–Trinajstić information content (AvgIpc) is 2.55. The summed E-state index contributed by atoms with van der Waals surface area (Å²) in [4.78, 5) is 0. The zero-order valence-electron chi connectivity index (χ0n) is 14.5. The minimum atomic E-state index is -0.379. The standard InChI is InChI=1S/C19H21N3O2S/c1-12-6-4-5-7-15(12)20-18(25)22-21-16-11-19(2,3)24-17-9-8-13(23)10-14(16)17/h4-10,23H,11H2,1-3H3,(H2,20,22,25)/b21-16+. The van der Waals surface area contributed by atoms with Gasteiger partial charge in [-0.3, -0.25) is 5.43 Å². The lowest BCUT2D eigenvalue weighted by molar-refractivity contribution is 0.111. The van der Waals surface area contributed by atoms with Gasteiger partial charge in [-0.2, -0.15) is 5.10 Å². The fourth-order valence-electron chi connectivity index (χ4n) is 2.75. The van der Waals surface area contributed by atoms with Crippen LogP contribution in [0.5, 0.6) is 11.5 Å². The van der Waals surface area contributed by atoms with E-state index in [0.29, 0.717) is 17.3 Å². The first kappa shape index (κ1) is 17.2. The number of para-hydroxylation sites is 1. The van der Waals surface area contributed by atoms with Crippen molar-refractivity contribution in [2.75, 3.05) is 5.32 Å². The van der Waals surface area contributed by atoms with E-state index >= 15 is 0 Å². The molecule has 1 heterocycles. The maximum atomic E-state index is 9.77. The summed E-state index contributed by atoms with van der Waals surface area (Å²) in [6.07, 6.45) is 0.601. The molecule has 0 fully saturated rings. The zero-order chi connectivity index (χ0) is 18.0. The van der Waals surface area contributed by atoms with Gasteiger partial charge in [0.1, 0.15) is 17.1 Å². The summed E-state index contributed by atoms with van der Waals surface area (Å²) >= 11 is 5.34. The molecule has 0 saturated carbocycles. The van der Waals surface area contributed by atoms with E-state index in [1.165, 1.54) is 0 Å².